The van der Waals surface area contributed by atoms with Gasteiger partial charge < -0.3 is 10.0 Å². The number of aliphatic hydroxyl groups excluding tert-OH is 1. The quantitative estimate of drug-likeness (QED) is 0.796. The lowest BCUT2D eigenvalue weighted by Crippen LogP contribution is -2.23. The van der Waals surface area contributed by atoms with Crippen molar-refractivity contribution < 1.29 is 18.3 Å². The molecule has 0 aliphatic carbocycles. The van der Waals surface area contributed by atoms with Crippen LogP contribution in [0.3, 0.4) is 0 Å². The fourth-order valence-electron chi connectivity index (χ4n) is 2.33. The SMILES string of the molecule is O=C1CC(O)CN1C1=CS(=O)(=O)c2ccccc21. The molecule has 5 nitrogen and oxygen atoms in total. The van der Waals surface area contributed by atoms with E-state index in [1.165, 1.54) is 11.0 Å². The monoisotopic (exact) mass is 265 g/mol. The van der Waals surface area contributed by atoms with E-state index in [4.69, 9.17) is 0 Å². The zero-order valence-corrected chi connectivity index (χ0v) is 10.2. The van der Waals surface area contributed by atoms with Gasteiger partial charge in [-0.25, -0.2) is 8.42 Å². The van der Waals surface area contributed by atoms with Gasteiger partial charge in [0.05, 0.1) is 35.1 Å². The number of nitrogens with zero attached hydrogens (tertiary/aromatic N) is 1. The van der Waals surface area contributed by atoms with Crippen molar-refractivity contribution in [1.82, 2.24) is 4.90 Å². The van der Waals surface area contributed by atoms with Crippen molar-refractivity contribution in [2.45, 2.75) is 17.4 Å². The molecule has 1 fully saturated rings. The molecule has 1 N–H and O–H groups in total. The van der Waals surface area contributed by atoms with Crippen molar-refractivity contribution in [2.75, 3.05) is 6.54 Å². The van der Waals surface area contributed by atoms with E-state index in [2.05, 4.69) is 0 Å². The summed E-state index contributed by atoms with van der Waals surface area (Å²) in [4.78, 5) is 13.3. The fraction of sp³-hybridized carbons (Fsp3) is 0.250. The van der Waals surface area contributed by atoms with E-state index in [1.54, 1.807) is 18.2 Å². The Balaban J connectivity index is 2.13. The maximum absolute atomic E-state index is 11.9. The maximum atomic E-state index is 11.9. The molecule has 1 unspecified atom stereocenters. The van der Waals surface area contributed by atoms with E-state index < -0.39 is 15.9 Å². The van der Waals surface area contributed by atoms with E-state index in [9.17, 15) is 18.3 Å². The first kappa shape index (κ1) is 11.4. The lowest BCUT2D eigenvalue weighted by molar-refractivity contribution is -0.125. The number of hydrogen-bond acceptors (Lipinski definition) is 4. The maximum Gasteiger partial charge on any atom is 0.229 e. The normalized spacial score (nSPS) is 25.2. The molecular weight excluding hydrogens is 254 g/mol. The highest BCUT2D eigenvalue weighted by molar-refractivity contribution is 7.95. The molecule has 0 bridgehead atoms. The first-order chi connectivity index (χ1) is 8.49. The molecule has 0 radical (unpaired) electrons. The molecule has 18 heavy (non-hydrogen) atoms. The molecule has 6 heteroatoms. The summed E-state index contributed by atoms with van der Waals surface area (Å²) in [6, 6.07) is 6.56. The van der Waals surface area contributed by atoms with Crippen LogP contribution in [-0.2, 0) is 14.6 Å². The van der Waals surface area contributed by atoms with Crippen LogP contribution in [-0.4, -0.2) is 37.0 Å². The lowest BCUT2D eigenvalue weighted by Gasteiger charge is -2.17. The van der Waals surface area contributed by atoms with E-state index in [-0.39, 0.29) is 23.8 Å². The van der Waals surface area contributed by atoms with Crippen molar-refractivity contribution in [1.29, 1.82) is 0 Å². The van der Waals surface area contributed by atoms with Crippen LogP contribution in [0.2, 0.25) is 0 Å². The van der Waals surface area contributed by atoms with Gasteiger partial charge in [-0.05, 0) is 6.07 Å². The number of carbonyl (C=O) groups excluding carboxylic acids is 1. The summed E-state index contributed by atoms with van der Waals surface area (Å²) in [6.07, 6.45) is -0.687. The van der Waals surface area contributed by atoms with Crippen molar-refractivity contribution in [3.63, 3.8) is 0 Å². The highest BCUT2D eigenvalue weighted by Gasteiger charge is 2.36. The lowest BCUT2D eigenvalue weighted by atomic mass is 10.1. The van der Waals surface area contributed by atoms with Gasteiger partial charge in [0.2, 0.25) is 15.7 Å². The minimum Gasteiger partial charge on any atom is -0.391 e. The van der Waals surface area contributed by atoms with E-state index >= 15 is 0 Å². The Kier molecular flexibility index (Phi) is 2.33. The van der Waals surface area contributed by atoms with E-state index in [0.717, 1.165) is 5.41 Å². The number of hydrogen-bond donors (Lipinski definition) is 1. The standard InChI is InChI=1S/C12H11NO4S/c14-8-5-12(15)13(6-8)10-7-18(16,17)11-4-2-1-3-9(10)11/h1-4,7-8,14H,5-6H2. The minimum atomic E-state index is -3.47. The molecule has 2 aliphatic rings. The van der Waals surface area contributed by atoms with Gasteiger partial charge in [0.15, 0.2) is 0 Å². The molecule has 1 atom stereocenters. The average molecular weight is 265 g/mol. The van der Waals surface area contributed by atoms with Gasteiger partial charge in [0.25, 0.3) is 0 Å². The summed E-state index contributed by atoms with van der Waals surface area (Å²) in [5.41, 5.74) is 0.895. The number of β-amino-alcohol motifs (C(OH)–C–C–N with tert-alkyl or cyclic N) is 1. The average Bonchev–Trinajstić information content (AvgIpc) is 2.78. The number of likely N-dealkylation sites (tertiary alicyclic amines) is 1. The minimum absolute atomic E-state index is 0.0412. The second-order valence-corrected chi connectivity index (χ2v) is 6.17. The van der Waals surface area contributed by atoms with E-state index in [0.29, 0.717) is 11.3 Å². The summed E-state index contributed by atoms with van der Waals surface area (Å²) < 4.78 is 23.9. The van der Waals surface area contributed by atoms with Gasteiger partial charge in [-0.3, -0.25) is 4.79 Å². The number of amides is 1. The Morgan fingerprint density at radius 2 is 2.00 bits per heavy atom. The molecule has 0 saturated carbocycles. The number of fused-ring (bicyclic) bond motifs is 1. The molecule has 0 spiro atoms. The van der Waals surface area contributed by atoms with Crippen LogP contribution in [0.5, 0.6) is 0 Å². The number of rotatable bonds is 1. The molecule has 0 aromatic heterocycles. The molecular formula is C12H11NO4S. The Morgan fingerprint density at radius 3 is 2.67 bits per heavy atom. The van der Waals surface area contributed by atoms with E-state index in [1.807, 2.05) is 0 Å². The molecule has 2 aliphatic heterocycles. The molecule has 1 aromatic rings. The van der Waals surface area contributed by atoms with Gasteiger partial charge in [0, 0.05) is 5.56 Å². The highest BCUT2D eigenvalue weighted by atomic mass is 32.2. The second-order valence-electron chi connectivity index (χ2n) is 4.41. The van der Waals surface area contributed by atoms with Gasteiger partial charge in [0.1, 0.15) is 0 Å². The first-order valence-electron chi connectivity index (χ1n) is 5.53. The van der Waals surface area contributed by atoms with Crippen molar-refractivity contribution in [2.24, 2.45) is 0 Å². The summed E-state index contributed by atoms with van der Waals surface area (Å²) in [5.74, 6) is -0.249. The smallest absolute Gasteiger partial charge is 0.229 e. The van der Waals surface area contributed by atoms with Crippen molar-refractivity contribution in [3.8, 4) is 0 Å². The predicted molar refractivity (Wildman–Crippen MR) is 63.9 cm³/mol. The van der Waals surface area contributed by atoms with Crippen LogP contribution >= 0.6 is 0 Å². The molecule has 1 aromatic carbocycles. The van der Waals surface area contributed by atoms with Crippen LogP contribution in [0.1, 0.15) is 12.0 Å². The molecule has 3 rings (SSSR count). The van der Waals surface area contributed by atoms with Gasteiger partial charge in [-0.1, -0.05) is 18.2 Å². The Morgan fingerprint density at radius 1 is 1.28 bits per heavy atom. The van der Waals surface area contributed by atoms with Gasteiger partial charge >= 0.3 is 0 Å². The topological polar surface area (TPSA) is 74.7 Å². The molecule has 2 heterocycles. The first-order valence-corrected chi connectivity index (χ1v) is 7.08. The second kappa shape index (κ2) is 3.66. The molecule has 1 saturated heterocycles. The number of benzene rings is 1. The summed E-state index contributed by atoms with van der Waals surface area (Å²) in [5, 5.41) is 10.6. The Hall–Kier alpha value is -1.66. The Bertz CT molecular complexity index is 662. The summed E-state index contributed by atoms with van der Waals surface area (Å²) in [6.45, 7) is 0.147. The van der Waals surface area contributed by atoms with Crippen LogP contribution in [0.25, 0.3) is 5.70 Å². The number of aliphatic hydroxyl groups is 1. The number of sulfone groups is 1. The highest BCUT2D eigenvalue weighted by Crippen LogP contribution is 2.36. The van der Waals surface area contributed by atoms with Crippen LogP contribution in [0.4, 0.5) is 0 Å². The summed E-state index contributed by atoms with van der Waals surface area (Å²) >= 11 is 0. The largest absolute Gasteiger partial charge is 0.391 e. The van der Waals surface area contributed by atoms with Gasteiger partial charge in [-0.2, -0.15) is 0 Å². The van der Waals surface area contributed by atoms with Gasteiger partial charge in [-0.15, -0.1) is 0 Å². The summed E-state index contributed by atoms with van der Waals surface area (Å²) in [7, 11) is -3.47. The zero-order chi connectivity index (χ0) is 12.9. The van der Waals surface area contributed by atoms with Crippen LogP contribution in [0, 0.1) is 0 Å². The van der Waals surface area contributed by atoms with Crippen molar-refractivity contribution >= 4 is 21.4 Å². The van der Waals surface area contributed by atoms with Crippen molar-refractivity contribution in [3.05, 3.63) is 35.2 Å². The van der Waals surface area contributed by atoms with Crippen LogP contribution in [0.15, 0.2) is 34.6 Å². The molecule has 94 valence electrons. The third-order valence-electron chi connectivity index (χ3n) is 3.13. The van der Waals surface area contributed by atoms with Crippen LogP contribution < -0.4 is 0 Å². The molecule has 1 amide bonds. The fourth-order valence-corrected chi connectivity index (χ4v) is 3.75. The Labute approximate surface area is 104 Å². The third-order valence-corrected chi connectivity index (χ3v) is 4.63. The zero-order valence-electron chi connectivity index (χ0n) is 9.41. The third kappa shape index (κ3) is 1.57. The predicted octanol–water partition coefficient (Wildman–Crippen LogP) is 0.366. The number of carbonyl (C=O) groups is 1.